The number of sulfonamides is 1. The number of anilines is 1. The van der Waals surface area contributed by atoms with Gasteiger partial charge in [0, 0.05) is 24.8 Å². The number of rotatable bonds is 10. The molecule has 4 nitrogen and oxygen atoms in total. The molecular formula is C20H34N2O2S. The summed E-state index contributed by atoms with van der Waals surface area (Å²) in [7, 11) is -3.37. The molecule has 0 bridgehead atoms. The number of nitrogens with zero attached hydrogens (tertiary/aromatic N) is 1. The molecule has 1 atom stereocenters. The fourth-order valence-electron chi connectivity index (χ4n) is 3.54. The number of nitrogens with one attached hydrogen (secondary N) is 1. The zero-order valence-corrected chi connectivity index (χ0v) is 16.7. The SMILES string of the molecule is CCCCCCCNc1ccc(S(=O)(=O)N2CCCCC2CC)cc1. The summed E-state index contributed by atoms with van der Waals surface area (Å²) in [6.07, 6.45) is 10.2. The molecule has 25 heavy (non-hydrogen) atoms. The predicted octanol–water partition coefficient (Wildman–Crippen LogP) is 5.02. The Morgan fingerprint density at radius 2 is 1.76 bits per heavy atom. The summed E-state index contributed by atoms with van der Waals surface area (Å²) in [5.41, 5.74) is 1.00. The number of benzene rings is 1. The average Bonchev–Trinajstić information content (AvgIpc) is 2.65. The Bertz CT molecular complexity index is 599. The highest BCUT2D eigenvalue weighted by Crippen LogP contribution is 2.27. The standard InChI is InChI=1S/C20H34N2O2S/c1-3-5-6-7-9-16-21-18-12-14-20(15-13-18)25(23,24)22-17-10-8-11-19(22)4-2/h12-15,19,21H,3-11,16-17H2,1-2H3. The highest BCUT2D eigenvalue weighted by Gasteiger charge is 2.32. The van der Waals surface area contributed by atoms with Crippen LogP contribution >= 0.6 is 0 Å². The molecule has 1 saturated heterocycles. The molecule has 1 aromatic carbocycles. The first-order valence-electron chi connectivity index (χ1n) is 9.95. The molecule has 0 aromatic heterocycles. The van der Waals surface area contributed by atoms with Crippen LogP contribution in [0.1, 0.15) is 71.6 Å². The summed E-state index contributed by atoms with van der Waals surface area (Å²) >= 11 is 0. The van der Waals surface area contributed by atoms with E-state index in [4.69, 9.17) is 0 Å². The van der Waals surface area contributed by atoms with E-state index in [0.717, 1.165) is 44.3 Å². The van der Waals surface area contributed by atoms with Gasteiger partial charge in [-0.15, -0.1) is 0 Å². The lowest BCUT2D eigenvalue weighted by molar-refractivity contribution is 0.246. The zero-order valence-electron chi connectivity index (χ0n) is 15.8. The summed E-state index contributed by atoms with van der Waals surface area (Å²) in [4.78, 5) is 0.418. The van der Waals surface area contributed by atoms with Crippen molar-refractivity contribution in [3.8, 4) is 0 Å². The van der Waals surface area contributed by atoms with Crippen LogP contribution in [-0.4, -0.2) is 31.9 Å². The molecule has 0 radical (unpaired) electrons. The molecule has 1 unspecified atom stereocenters. The third kappa shape index (κ3) is 5.71. The van der Waals surface area contributed by atoms with Crippen molar-refractivity contribution in [3.63, 3.8) is 0 Å². The van der Waals surface area contributed by atoms with Gasteiger partial charge in [0.1, 0.15) is 0 Å². The Hall–Kier alpha value is -1.07. The summed E-state index contributed by atoms with van der Waals surface area (Å²) in [5.74, 6) is 0. The van der Waals surface area contributed by atoms with Gasteiger partial charge in [-0.3, -0.25) is 0 Å². The van der Waals surface area contributed by atoms with Crippen molar-refractivity contribution < 1.29 is 8.42 Å². The van der Waals surface area contributed by atoms with Gasteiger partial charge in [0.05, 0.1) is 4.90 Å². The molecule has 1 aliphatic rings. The molecule has 1 N–H and O–H groups in total. The van der Waals surface area contributed by atoms with Crippen LogP contribution in [-0.2, 0) is 10.0 Å². The van der Waals surface area contributed by atoms with Crippen molar-refractivity contribution >= 4 is 15.7 Å². The Labute approximate surface area is 154 Å². The van der Waals surface area contributed by atoms with Crippen molar-refractivity contribution in [1.29, 1.82) is 0 Å². The summed E-state index contributed by atoms with van der Waals surface area (Å²) < 4.78 is 27.6. The van der Waals surface area contributed by atoms with E-state index in [2.05, 4.69) is 19.2 Å². The fourth-order valence-corrected chi connectivity index (χ4v) is 5.31. The number of hydrogen-bond donors (Lipinski definition) is 1. The number of piperidine rings is 1. The van der Waals surface area contributed by atoms with Crippen molar-refractivity contribution in [2.45, 2.75) is 82.6 Å². The molecule has 2 rings (SSSR count). The van der Waals surface area contributed by atoms with Crippen molar-refractivity contribution in [1.82, 2.24) is 4.31 Å². The maximum absolute atomic E-state index is 12.9. The summed E-state index contributed by atoms with van der Waals surface area (Å²) in [6.45, 7) is 5.89. The maximum Gasteiger partial charge on any atom is 0.243 e. The quantitative estimate of drug-likeness (QED) is 0.591. The van der Waals surface area contributed by atoms with Crippen molar-refractivity contribution in [2.24, 2.45) is 0 Å². The molecule has 0 saturated carbocycles. The maximum atomic E-state index is 12.9. The van der Waals surface area contributed by atoms with Crippen LogP contribution in [0, 0.1) is 0 Å². The Morgan fingerprint density at radius 1 is 1.04 bits per heavy atom. The van der Waals surface area contributed by atoms with Crippen LogP contribution in [0.5, 0.6) is 0 Å². The lowest BCUT2D eigenvalue weighted by atomic mass is 10.0. The first-order chi connectivity index (χ1) is 12.1. The lowest BCUT2D eigenvalue weighted by Gasteiger charge is -2.34. The Morgan fingerprint density at radius 3 is 2.44 bits per heavy atom. The second kappa shape index (κ2) is 10.2. The largest absolute Gasteiger partial charge is 0.385 e. The summed E-state index contributed by atoms with van der Waals surface area (Å²) in [5, 5.41) is 3.39. The van der Waals surface area contributed by atoms with Crippen LogP contribution in [0.25, 0.3) is 0 Å². The third-order valence-corrected chi connectivity index (χ3v) is 7.08. The molecule has 142 valence electrons. The van der Waals surface area contributed by atoms with Crippen molar-refractivity contribution in [3.05, 3.63) is 24.3 Å². The van der Waals surface area contributed by atoms with E-state index in [0.29, 0.717) is 11.4 Å². The lowest BCUT2D eigenvalue weighted by Crippen LogP contribution is -2.43. The third-order valence-electron chi connectivity index (χ3n) is 5.11. The molecular weight excluding hydrogens is 332 g/mol. The monoisotopic (exact) mass is 366 g/mol. The van der Waals surface area contributed by atoms with Gasteiger partial charge in [-0.2, -0.15) is 4.31 Å². The van der Waals surface area contributed by atoms with Crippen LogP contribution in [0.2, 0.25) is 0 Å². The molecule has 0 aliphatic carbocycles. The topological polar surface area (TPSA) is 49.4 Å². The van der Waals surface area contributed by atoms with E-state index in [1.807, 2.05) is 12.1 Å². The van der Waals surface area contributed by atoms with E-state index in [9.17, 15) is 8.42 Å². The highest BCUT2D eigenvalue weighted by molar-refractivity contribution is 7.89. The van der Waals surface area contributed by atoms with E-state index < -0.39 is 10.0 Å². The van der Waals surface area contributed by atoms with Gasteiger partial charge in [0.15, 0.2) is 0 Å². The normalized spacial score (nSPS) is 19.0. The van der Waals surface area contributed by atoms with Gasteiger partial charge in [-0.25, -0.2) is 8.42 Å². The zero-order chi connectivity index (χ0) is 18.1. The first kappa shape index (κ1) is 20.2. The fraction of sp³-hybridized carbons (Fsp3) is 0.700. The second-order valence-corrected chi connectivity index (χ2v) is 8.93. The molecule has 1 heterocycles. The van der Waals surface area contributed by atoms with E-state index in [-0.39, 0.29) is 6.04 Å². The van der Waals surface area contributed by atoms with Gasteiger partial charge in [0.25, 0.3) is 0 Å². The number of unbranched alkanes of at least 4 members (excludes halogenated alkanes) is 4. The average molecular weight is 367 g/mol. The smallest absolute Gasteiger partial charge is 0.243 e. The van der Waals surface area contributed by atoms with Crippen LogP contribution in [0.15, 0.2) is 29.2 Å². The van der Waals surface area contributed by atoms with E-state index in [1.165, 1.54) is 25.7 Å². The minimum absolute atomic E-state index is 0.152. The van der Waals surface area contributed by atoms with Gasteiger partial charge in [0.2, 0.25) is 10.0 Å². The minimum atomic E-state index is -3.37. The number of hydrogen-bond acceptors (Lipinski definition) is 3. The van der Waals surface area contributed by atoms with E-state index >= 15 is 0 Å². The van der Waals surface area contributed by atoms with Crippen LogP contribution < -0.4 is 5.32 Å². The van der Waals surface area contributed by atoms with Crippen LogP contribution in [0.4, 0.5) is 5.69 Å². The van der Waals surface area contributed by atoms with E-state index in [1.54, 1.807) is 16.4 Å². The van der Waals surface area contributed by atoms with Gasteiger partial charge in [-0.05, 0) is 49.9 Å². The highest BCUT2D eigenvalue weighted by atomic mass is 32.2. The molecule has 1 aliphatic heterocycles. The minimum Gasteiger partial charge on any atom is -0.385 e. The molecule has 5 heteroatoms. The predicted molar refractivity (Wildman–Crippen MR) is 106 cm³/mol. The molecule has 1 aromatic rings. The first-order valence-corrected chi connectivity index (χ1v) is 11.4. The van der Waals surface area contributed by atoms with Crippen molar-refractivity contribution in [2.75, 3.05) is 18.4 Å². The Balaban J connectivity index is 1.92. The summed E-state index contributed by atoms with van der Waals surface area (Å²) in [6, 6.07) is 7.43. The molecule has 1 fully saturated rings. The van der Waals surface area contributed by atoms with Crippen LogP contribution in [0.3, 0.4) is 0 Å². The Kier molecular flexibility index (Phi) is 8.24. The van der Waals surface area contributed by atoms with Gasteiger partial charge in [-0.1, -0.05) is 46.0 Å². The molecule has 0 spiro atoms. The van der Waals surface area contributed by atoms with Gasteiger partial charge < -0.3 is 5.32 Å². The van der Waals surface area contributed by atoms with Gasteiger partial charge >= 0.3 is 0 Å². The second-order valence-electron chi connectivity index (χ2n) is 7.04. The molecule has 0 amide bonds.